The number of carbonyl (C=O) groups is 1. The van der Waals surface area contributed by atoms with Crippen molar-refractivity contribution in [1.82, 2.24) is 4.90 Å². The van der Waals surface area contributed by atoms with Gasteiger partial charge in [-0.15, -0.1) is 12.4 Å². The molecule has 94 valence electrons. The summed E-state index contributed by atoms with van der Waals surface area (Å²) in [6.07, 6.45) is 0. The predicted octanol–water partition coefficient (Wildman–Crippen LogP) is 1.93. The number of halogens is 2. The highest BCUT2D eigenvalue weighted by molar-refractivity contribution is 9.10. The van der Waals surface area contributed by atoms with Crippen molar-refractivity contribution in [1.29, 1.82) is 0 Å². The number of benzene rings is 1. The number of nitrogen functional groups attached to an aromatic ring is 1. The normalized spacial score (nSPS) is 15.2. The molecule has 1 saturated heterocycles. The number of ether oxygens (including phenoxy) is 1. The molecule has 1 aromatic carbocycles. The molecule has 4 nitrogen and oxygen atoms in total. The molecule has 2 rings (SSSR count). The van der Waals surface area contributed by atoms with Crippen molar-refractivity contribution in [2.24, 2.45) is 0 Å². The third-order valence-electron chi connectivity index (χ3n) is 2.54. The number of rotatable bonds is 1. The number of hydrogen-bond donors (Lipinski definition) is 1. The quantitative estimate of drug-likeness (QED) is 0.804. The van der Waals surface area contributed by atoms with Crippen LogP contribution in [0.2, 0.25) is 0 Å². The standard InChI is InChI=1S/C11H13BrN2O2.ClH/c12-8-1-2-9(10(13)7-8)11(15)14-3-5-16-6-4-14;/h1-2,7H,3-6,13H2;1H. The van der Waals surface area contributed by atoms with Crippen molar-refractivity contribution in [3.63, 3.8) is 0 Å². The van der Waals surface area contributed by atoms with E-state index in [1.165, 1.54) is 0 Å². The van der Waals surface area contributed by atoms with Crippen molar-refractivity contribution >= 4 is 39.9 Å². The maximum atomic E-state index is 12.1. The highest BCUT2D eigenvalue weighted by atomic mass is 79.9. The molecule has 0 spiro atoms. The first-order valence-electron chi connectivity index (χ1n) is 5.10. The topological polar surface area (TPSA) is 55.6 Å². The van der Waals surface area contributed by atoms with E-state index in [1.54, 1.807) is 17.0 Å². The Morgan fingerprint density at radius 1 is 1.35 bits per heavy atom. The zero-order valence-corrected chi connectivity index (χ0v) is 11.6. The number of nitrogens with two attached hydrogens (primary N) is 1. The summed E-state index contributed by atoms with van der Waals surface area (Å²) in [6.45, 7) is 2.47. The van der Waals surface area contributed by atoms with Gasteiger partial charge in [-0.1, -0.05) is 15.9 Å². The predicted molar refractivity (Wildman–Crippen MR) is 72.5 cm³/mol. The Kier molecular flexibility index (Phi) is 5.24. The first-order valence-corrected chi connectivity index (χ1v) is 5.90. The molecule has 0 aliphatic carbocycles. The number of morpholine rings is 1. The van der Waals surface area contributed by atoms with Crippen LogP contribution in [0.3, 0.4) is 0 Å². The lowest BCUT2D eigenvalue weighted by Gasteiger charge is -2.27. The van der Waals surface area contributed by atoms with Crippen LogP contribution in [0.15, 0.2) is 22.7 Å². The molecule has 1 aliphatic heterocycles. The van der Waals surface area contributed by atoms with E-state index in [9.17, 15) is 4.79 Å². The smallest absolute Gasteiger partial charge is 0.256 e. The molecular weight excluding hydrogens is 307 g/mol. The van der Waals surface area contributed by atoms with Crippen LogP contribution in [0, 0.1) is 0 Å². The van der Waals surface area contributed by atoms with E-state index in [0.717, 1.165) is 4.47 Å². The van der Waals surface area contributed by atoms with E-state index < -0.39 is 0 Å². The Balaban J connectivity index is 0.00000144. The van der Waals surface area contributed by atoms with Gasteiger partial charge in [-0.05, 0) is 18.2 Å². The molecule has 1 fully saturated rings. The van der Waals surface area contributed by atoms with Gasteiger partial charge < -0.3 is 15.4 Å². The van der Waals surface area contributed by atoms with Gasteiger partial charge in [0, 0.05) is 23.2 Å². The number of anilines is 1. The largest absolute Gasteiger partial charge is 0.398 e. The fourth-order valence-electron chi connectivity index (χ4n) is 1.67. The zero-order valence-electron chi connectivity index (χ0n) is 9.19. The number of carbonyl (C=O) groups excluding carboxylic acids is 1. The maximum Gasteiger partial charge on any atom is 0.256 e. The molecule has 0 radical (unpaired) electrons. The van der Waals surface area contributed by atoms with Crippen LogP contribution in [-0.2, 0) is 4.74 Å². The van der Waals surface area contributed by atoms with Gasteiger partial charge in [-0.3, -0.25) is 4.79 Å². The second-order valence-corrected chi connectivity index (χ2v) is 4.55. The summed E-state index contributed by atoms with van der Waals surface area (Å²) in [5.74, 6) is -0.0201. The van der Waals surface area contributed by atoms with Crippen LogP contribution in [0.25, 0.3) is 0 Å². The SMILES string of the molecule is Cl.Nc1cc(Br)ccc1C(=O)N1CCOCC1. The zero-order chi connectivity index (χ0) is 11.5. The Labute approximate surface area is 115 Å². The Bertz CT molecular complexity index is 408. The van der Waals surface area contributed by atoms with Gasteiger partial charge in [0.1, 0.15) is 0 Å². The molecule has 1 aliphatic rings. The van der Waals surface area contributed by atoms with Crippen molar-refractivity contribution in [2.75, 3.05) is 32.0 Å². The van der Waals surface area contributed by atoms with Gasteiger partial charge in [0.25, 0.3) is 5.91 Å². The molecule has 0 bridgehead atoms. The van der Waals surface area contributed by atoms with E-state index in [4.69, 9.17) is 10.5 Å². The Morgan fingerprint density at radius 2 is 2.00 bits per heavy atom. The summed E-state index contributed by atoms with van der Waals surface area (Å²) in [5.41, 5.74) is 6.89. The highest BCUT2D eigenvalue weighted by Crippen LogP contribution is 2.20. The summed E-state index contributed by atoms with van der Waals surface area (Å²) in [7, 11) is 0. The van der Waals surface area contributed by atoms with Crippen LogP contribution in [-0.4, -0.2) is 37.1 Å². The van der Waals surface area contributed by atoms with Crippen molar-refractivity contribution in [3.05, 3.63) is 28.2 Å². The van der Waals surface area contributed by atoms with Crippen LogP contribution in [0.1, 0.15) is 10.4 Å². The molecule has 1 heterocycles. The minimum absolute atomic E-state index is 0. The third-order valence-corrected chi connectivity index (χ3v) is 3.04. The van der Waals surface area contributed by atoms with Gasteiger partial charge in [0.05, 0.1) is 18.8 Å². The molecule has 0 aromatic heterocycles. The lowest BCUT2D eigenvalue weighted by Crippen LogP contribution is -2.40. The van der Waals surface area contributed by atoms with Crippen LogP contribution >= 0.6 is 28.3 Å². The summed E-state index contributed by atoms with van der Waals surface area (Å²) < 4.78 is 6.08. The second kappa shape index (κ2) is 6.23. The van der Waals surface area contributed by atoms with Gasteiger partial charge in [-0.25, -0.2) is 0 Å². The van der Waals surface area contributed by atoms with Crippen LogP contribution in [0.4, 0.5) is 5.69 Å². The molecule has 6 heteroatoms. The Hall–Kier alpha value is -0.780. The van der Waals surface area contributed by atoms with E-state index in [2.05, 4.69) is 15.9 Å². The number of hydrogen-bond acceptors (Lipinski definition) is 3. The van der Waals surface area contributed by atoms with Gasteiger partial charge >= 0.3 is 0 Å². The van der Waals surface area contributed by atoms with Gasteiger partial charge in [0.15, 0.2) is 0 Å². The van der Waals surface area contributed by atoms with Crippen LogP contribution < -0.4 is 5.73 Å². The summed E-state index contributed by atoms with van der Waals surface area (Å²) in [6, 6.07) is 5.31. The fraction of sp³-hybridized carbons (Fsp3) is 0.364. The van der Waals surface area contributed by atoms with Gasteiger partial charge in [0.2, 0.25) is 0 Å². The average Bonchev–Trinajstić information content (AvgIpc) is 2.29. The number of nitrogens with zero attached hydrogens (tertiary/aromatic N) is 1. The molecule has 0 unspecified atom stereocenters. The minimum Gasteiger partial charge on any atom is -0.398 e. The van der Waals surface area contributed by atoms with Crippen molar-refractivity contribution in [3.8, 4) is 0 Å². The fourth-order valence-corrected chi connectivity index (χ4v) is 2.04. The first kappa shape index (κ1) is 14.3. The van der Waals surface area contributed by atoms with Crippen molar-refractivity contribution in [2.45, 2.75) is 0 Å². The second-order valence-electron chi connectivity index (χ2n) is 3.64. The molecule has 17 heavy (non-hydrogen) atoms. The molecule has 0 atom stereocenters. The first-order chi connectivity index (χ1) is 7.68. The average molecular weight is 322 g/mol. The van der Waals surface area contributed by atoms with Crippen LogP contribution in [0.5, 0.6) is 0 Å². The minimum atomic E-state index is -0.0201. The summed E-state index contributed by atoms with van der Waals surface area (Å²) in [5, 5.41) is 0. The molecule has 1 aromatic rings. The highest BCUT2D eigenvalue weighted by Gasteiger charge is 2.20. The molecular formula is C11H14BrClN2O2. The monoisotopic (exact) mass is 320 g/mol. The summed E-state index contributed by atoms with van der Waals surface area (Å²) in [4.78, 5) is 13.9. The molecule has 1 amide bonds. The Morgan fingerprint density at radius 3 is 2.59 bits per heavy atom. The molecule has 0 saturated carbocycles. The molecule has 2 N–H and O–H groups in total. The van der Waals surface area contributed by atoms with Gasteiger partial charge in [-0.2, -0.15) is 0 Å². The third kappa shape index (κ3) is 3.34. The van der Waals surface area contributed by atoms with E-state index in [-0.39, 0.29) is 18.3 Å². The van der Waals surface area contributed by atoms with E-state index in [0.29, 0.717) is 37.6 Å². The maximum absolute atomic E-state index is 12.1. The lowest BCUT2D eigenvalue weighted by atomic mass is 10.1. The van der Waals surface area contributed by atoms with Crippen molar-refractivity contribution < 1.29 is 9.53 Å². The van der Waals surface area contributed by atoms with E-state index >= 15 is 0 Å². The summed E-state index contributed by atoms with van der Waals surface area (Å²) >= 11 is 3.32. The number of amides is 1. The lowest BCUT2D eigenvalue weighted by molar-refractivity contribution is 0.0303. The van der Waals surface area contributed by atoms with E-state index in [1.807, 2.05) is 6.07 Å².